The molecule has 5 nitrogen and oxygen atoms in total. The molecular formula is C13H12BrFN2O3S2. The van der Waals surface area contributed by atoms with Crippen molar-refractivity contribution < 1.29 is 17.6 Å². The van der Waals surface area contributed by atoms with Crippen molar-refractivity contribution in [2.75, 3.05) is 7.05 Å². The molecule has 1 aromatic heterocycles. The Labute approximate surface area is 139 Å². The Morgan fingerprint density at radius 3 is 2.68 bits per heavy atom. The maximum absolute atomic E-state index is 13.0. The summed E-state index contributed by atoms with van der Waals surface area (Å²) in [6.07, 6.45) is 0. The highest BCUT2D eigenvalue weighted by Gasteiger charge is 2.15. The van der Waals surface area contributed by atoms with Crippen LogP contribution < -0.4 is 10.0 Å². The molecule has 2 N–H and O–H groups in total. The van der Waals surface area contributed by atoms with E-state index in [-0.39, 0.29) is 16.7 Å². The summed E-state index contributed by atoms with van der Waals surface area (Å²) in [5.74, 6) is -0.818. The molecule has 2 rings (SSSR count). The molecule has 1 amide bonds. The molecule has 0 radical (unpaired) electrons. The molecule has 0 aliphatic heterocycles. The van der Waals surface area contributed by atoms with E-state index in [9.17, 15) is 17.6 Å². The van der Waals surface area contributed by atoms with Crippen LogP contribution in [0.2, 0.25) is 0 Å². The molecular weight excluding hydrogens is 395 g/mol. The number of thiophene rings is 1. The van der Waals surface area contributed by atoms with E-state index < -0.39 is 15.8 Å². The summed E-state index contributed by atoms with van der Waals surface area (Å²) >= 11 is 4.20. The maximum atomic E-state index is 13.0. The van der Waals surface area contributed by atoms with Gasteiger partial charge in [0.05, 0.1) is 12.1 Å². The second-order valence-electron chi connectivity index (χ2n) is 4.24. The van der Waals surface area contributed by atoms with Gasteiger partial charge in [0.15, 0.2) is 0 Å². The van der Waals surface area contributed by atoms with Gasteiger partial charge in [-0.15, -0.1) is 11.3 Å². The Balaban J connectivity index is 2.06. The predicted octanol–water partition coefficient (Wildman–Crippen LogP) is 2.49. The molecule has 22 heavy (non-hydrogen) atoms. The van der Waals surface area contributed by atoms with Crippen molar-refractivity contribution in [3.8, 4) is 0 Å². The Kier molecular flexibility index (Phi) is 5.32. The second kappa shape index (κ2) is 6.86. The smallest absolute Gasteiger partial charge is 0.252 e. The monoisotopic (exact) mass is 406 g/mol. The van der Waals surface area contributed by atoms with Crippen LogP contribution in [-0.4, -0.2) is 21.4 Å². The molecule has 0 bridgehead atoms. The van der Waals surface area contributed by atoms with Gasteiger partial charge in [-0.3, -0.25) is 4.79 Å². The first-order valence-electron chi connectivity index (χ1n) is 6.09. The lowest BCUT2D eigenvalue weighted by Crippen LogP contribution is -2.22. The number of nitrogens with one attached hydrogen (secondary N) is 2. The van der Waals surface area contributed by atoms with Crippen molar-refractivity contribution in [2.45, 2.75) is 10.8 Å². The summed E-state index contributed by atoms with van der Waals surface area (Å²) < 4.78 is 39.0. The third-order valence-electron chi connectivity index (χ3n) is 2.77. The number of hydrogen-bond acceptors (Lipinski definition) is 4. The normalized spacial score (nSPS) is 11.4. The summed E-state index contributed by atoms with van der Waals surface area (Å²) in [5, 5.41) is 2.66. The number of benzene rings is 1. The number of amides is 1. The lowest BCUT2D eigenvalue weighted by atomic mass is 10.2. The van der Waals surface area contributed by atoms with Crippen LogP contribution in [0.1, 0.15) is 15.2 Å². The molecule has 0 aliphatic rings. The van der Waals surface area contributed by atoms with E-state index in [1.54, 1.807) is 6.07 Å². The molecule has 2 aromatic rings. The highest BCUT2D eigenvalue weighted by Crippen LogP contribution is 2.22. The van der Waals surface area contributed by atoms with Crippen LogP contribution in [0.3, 0.4) is 0 Å². The zero-order valence-electron chi connectivity index (χ0n) is 11.4. The second-order valence-corrected chi connectivity index (χ2v) is 8.37. The number of carbonyl (C=O) groups excluding carboxylic acids is 1. The van der Waals surface area contributed by atoms with Gasteiger partial charge in [-0.25, -0.2) is 17.5 Å². The fraction of sp³-hybridized carbons (Fsp3) is 0.154. The largest absolute Gasteiger partial charge is 0.347 e. The molecule has 0 atom stereocenters. The van der Waals surface area contributed by atoms with E-state index in [2.05, 4.69) is 26.0 Å². The van der Waals surface area contributed by atoms with Crippen LogP contribution in [0.25, 0.3) is 0 Å². The Hall–Kier alpha value is -1.29. The molecule has 0 saturated carbocycles. The first kappa shape index (κ1) is 17.1. The van der Waals surface area contributed by atoms with E-state index in [1.807, 2.05) is 0 Å². The highest BCUT2D eigenvalue weighted by atomic mass is 79.9. The Morgan fingerprint density at radius 2 is 2.05 bits per heavy atom. The van der Waals surface area contributed by atoms with Gasteiger partial charge in [0.25, 0.3) is 5.91 Å². The molecule has 1 aromatic carbocycles. The fourth-order valence-corrected chi connectivity index (χ4v) is 4.30. The first-order chi connectivity index (χ1) is 10.3. The Bertz CT molecular complexity index is 805. The molecule has 0 spiro atoms. The van der Waals surface area contributed by atoms with E-state index in [0.717, 1.165) is 11.3 Å². The number of rotatable bonds is 5. The van der Waals surface area contributed by atoms with Crippen molar-refractivity contribution in [3.05, 3.63) is 51.1 Å². The van der Waals surface area contributed by atoms with Crippen LogP contribution in [-0.2, 0) is 16.6 Å². The van der Waals surface area contributed by atoms with Crippen molar-refractivity contribution in [1.29, 1.82) is 0 Å². The minimum atomic E-state index is -3.47. The van der Waals surface area contributed by atoms with Crippen LogP contribution >= 0.6 is 27.3 Å². The van der Waals surface area contributed by atoms with Crippen molar-refractivity contribution in [2.24, 2.45) is 0 Å². The molecule has 0 saturated heterocycles. The first-order valence-corrected chi connectivity index (χ1v) is 9.18. The summed E-state index contributed by atoms with van der Waals surface area (Å²) in [7, 11) is -2.14. The minimum absolute atomic E-state index is 0.183. The average Bonchev–Trinajstić information content (AvgIpc) is 2.94. The van der Waals surface area contributed by atoms with Crippen LogP contribution in [0, 0.1) is 5.82 Å². The zero-order valence-corrected chi connectivity index (χ0v) is 14.6. The van der Waals surface area contributed by atoms with Crippen LogP contribution in [0.5, 0.6) is 0 Å². The third kappa shape index (κ3) is 3.92. The molecule has 1 heterocycles. The van der Waals surface area contributed by atoms with E-state index in [0.29, 0.717) is 14.9 Å². The van der Waals surface area contributed by atoms with Crippen LogP contribution in [0.15, 0.2) is 39.0 Å². The fourth-order valence-electron chi connectivity index (χ4n) is 1.63. The van der Waals surface area contributed by atoms with Crippen molar-refractivity contribution >= 4 is 43.2 Å². The molecule has 0 fully saturated rings. The lowest BCUT2D eigenvalue weighted by Gasteiger charge is -2.05. The predicted molar refractivity (Wildman–Crippen MR) is 85.8 cm³/mol. The SMILES string of the molecule is CNS(=O)(=O)c1ccc(CNC(=O)c2ccc(F)cc2Br)s1. The van der Waals surface area contributed by atoms with E-state index >= 15 is 0 Å². The maximum Gasteiger partial charge on any atom is 0.252 e. The number of halogens is 2. The highest BCUT2D eigenvalue weighted by molar-refractivity contribution is 9.10. The number of hydrogen-bond donors (Lipinski definition) is 2. The van der Waals surface area contributed by atoms with Crippen LogP contribution in [0.4, 0.5) is 4.39 Å². The van der Waals surface area contributed by atoms with Gasteiger partial charge < -0.3 is 5.32 Å². The van der Waals surface area contributed by atoms with Gasteiger partial charge in [-0.2, -0.15) is 0 Å². The number of carbonyl (C=O) groups is 1. The molecule has 9 heteroatoms. The third-order valence-corrected chi connectivity index (χ3v) is 6.42. The quantitative estimate of drug-likeness (QED) is 0.800. The average molecular weight is 407 g/mol. The molecule has 0 unspecified atom stereocenters. The van der Waals surface area contributed by atoms with E-state index in [4.69, 9.17) is 0 Å². The van der Waals surface area contributed by atoms with Crippen molar-refractivity contribution in [1.82, 2.24) is 10.0 Å². The van der Waals surface area contributed by atoms with E-state index in [1.165, 1.54) is 31.3 Å². The van der Waals surface area contributed by atoms with Gasteiger partial charge in [0.1, 0.15) is 10.0 Å². The zero-order chi connectivity index (χ0) is 16.3. The standard InChI is InChI=1S/C13H12BrFN2O3S2/c1-16-22(19,20)12-5-3-9(21-12)7-17-13(18)10-4-2-8(15)6-11(10)14/h2-6,16H,7H2,1H3,(H,17,18). The van der Waals surface area contributed by atoms with Crippen molar-refractivity contribution in [3.63, 3.8) is 0 Å². The lowest BCUT2D eigenvalue weighted by molar-refractivity contribution is 0.0950. The molecule has 118 valence electrons. The minimum Gasteiger partial charge on any atom is -0.347 e. The summed E-state index contributed by atoms with van der Waals surface area (Å²) in [4.78, 5) is 12.7. The van der Waals surface area contributed by atoms with Gasteiger partial charge in [0, 0.05) is 9.35 Å². The summed E-state index contributed by atoms with van der Waals surface area (Å²) in [6.45, 7) is 0.187. The van der Waals surface area contributed by atoms with Gasteiger partial charge >= 0.3 is 0 Å². The summed E-state index contributed by atoms with van der Waals surface area (Å²) in [5.41, 5.74) is 0.307. The molecule has 0 aliphatic carbocycles. The topological polar surface area (TPSA) is 75.3 Å². The number of sulfonamides is 1. The van der Waals surface area contributed by atoms with Gasteiger partial charge in [0.2, 0.25) is 10.0 Å². The summed E-state index contributed by atoms with van der Waals surface area (Å²) in [6, 6.07) is 6.89. The van der Waals surface area contributed by atoms with Gasteiger partial charge in [-0.05, 0) is 53.3 Å². The van der Waals surface area contributed by atoms with Gasteiger partial charge in [-0.1, -0.05) is 0 Å². The Morgan fingerprint density at radius 1 is 1.32 bits per heavy atom.